The summed E-state index contributed by atoms with van der Waals surface area (Å²) in [4.78, 5) is 24.7. The molecule has 2 rings (SSSR count). The van der Waals surface area contributed by atoms with Crippen LogP contribution in [0.5, 0.6) is 0 Å². The lowest BCUT2D eigenvalue weighted by molar-refractivity contribution is -0.385. The van der Waals surface area contributed by atoms with Crippen molar-refractivity contribution < 1.29 is 14.8 Å². The van der Waals surface area contributed by atoms with Crippen LogP contribution in [-0.4, -0.2) is 30.8 Å². The molecule has 0 bridgehead atoms. The van der Waals surface area contributed by atoms with Crippen molar-refractivity contribution in [3.05, 3.63) is 45.9 Å². The molecule has 0 saturated carbocycles. The molecule has 18 heavy (non-hydrogen) atoms. The number of nitro groups is 1. The van der Waals surface area contributed by atoms with Gasteiger partial charge in [-0.15, -0.1) is 0 Å². The largest absolute Gasteiger partial charge is 0.478 e. The molecule has 0 aromatic carbocycles. The third kappa shape index (κ3) is 2.03. The summed E-state index contributed by atoms with van der Waals surface area (Å²) in [7, 11) is 0. The molecule has 0 fully saturated rings. The van der Waals surface area contributed by atoms with E-state index in [0.29, 0.717) is 0 Å². The first kappa shape index (κ1) is 11.7. The van der Waals surface area contributed by atoms with E-state index in [2.05, 4.69) is 10.1 Å². The lowest BCUT2D eigenvalue weighted by atomic mass is 10.2. The average molecular weight is 248 g/mol. The zero-order chi connectivity index (χ0) is 13.3. The monoisotopic (exact) mass is 248 g/mol. The molecule has 0 aliphatic carbocycles. The van der Waals surface area contributed by atoms with Crippen molar-refractivity contribution in [2.24, 2.45) is 0 Å². The fourth-order valence-corrected chi connectivity index (χ4v) is 1.40. The van der Waals surface area contributed by atoms with E-state index in [9.17, 15) is 14.9 Å². The Kier molecular flexibility index (Phi) is 2.76. The lowest BCUT2D eigenvalue weighted by Gasteiger charge is -2.02. The zero-order valence-corrected chi connectivity index (χ0v) is 9.27. The zero-order valence-electron chi connectivity index (χ0n) is 9.27. The molecule has 0 radical (unpaired) electrons. The van der Waals surface area contributed by atoms with Crippen molar-refractivity contribution in [3.8, 4) is 5.82 Å². The number of carbonyl (C=O) groups is 1. The van der Waals surface area contributed by atoms with E-state index in [1.54, 1.807) is 13.1 Å². The number of pyridine rings is 1. The van der Waals surface area contributed by atoms with Gasteiger partial charge in [0.2, 0.25) is 5.82 Å². The van der Waals surface area contributed by atoms with Gasteiger partial charge in [-0.3, -0.25) is 10.1 Å². The molecular weight excluding hydrogens is 240 g/mol. The van der Waals surface area contributed by atoms with Crippen LogP contribution in [0.25, 0.3) is 5.82 Å². The van der Waals surface area contributed by atoms with Gasteiger partial charge in [-0.2, -0.15) is 5.10 Å². The number of nitrogens with zero attached hydrogens (tertiary/aromatic N) is 4. The summed E-state index contributed by atoms with van der Waals surface area (Å²) in [6, 6.07) is 0.960. The van der Waals surface area contributed by atoms with Crippen LogP contribution < -0.4 is 0 Å². The Morgan fingerprint density at radius 2 is 2.22 bits per heavy atom. The fourth-order valence-electron chi connectivity index (χ4n) is 1.40. The highest BCUT2D eigenvalue weighted by atomic mass is 16.6. The van der Waals surface area contributed by atoms with Gasteiger partial charge < -0.3 is 5.11 Å². The minimum absolute atomic E-state index is 0.0156. The van der Waals surface area contributed by atoms with E-state index in [0.717, 1.165) is 17.8 Å². The van der Waals surface area contributed by atoms with Gasteiger partial charge in [-0.05, 0) is 12.5 Å². The molecule has 0 unspecified atom stereocenters. The lowest BCUT2D eigenvalue weighted by Crippen LogP contribution is -2.06. The highest BCUT2D eigenvalue weighted by molar-refractivity contribution is 5.88. The van der Waals surface area contributed by atoms with Crippen LogP contribution in [-0.2, 0) is 0 Å². The number of aromatic nitrogens is 3. The third-order valence-electron chi connectivity index (χ3n) is 2.22. The Morgan fingerprint density at radius 3 is 2.72 bits per heavy atom. The first-order valence-corrected chi connectivity index (χ1v) is 4.88. The average Bonchev–Trinajstić information content (AvgIpc) is 2.74. The van der Waals surface area contributed by atoms with Crippen molar-refractivity contribution in [1.82, 2.24) is 14.8 Å². The molecule has 0 amide bonds. The molecule has 0 aliphatic heterocycles. The number of rotatable bonds is 3. The standard InChI is InChI=1S/C10H8N4O4/c1-6-3-12-13(5-6)9-8(14(17)18)2-7(4-11-9)10(15)16/h2-5H,1H3,(H,15,16). The van der Waals surface area contributed by atoms with E-state index in [1.165, 1.54) is 10.9 Å². The second-order valence-corrected chi connectivity index (χ2v) is 3.59. The summed E-state index contributed by atoms with van der Waals surface area (Å²) in [5.41, 5.74) is 0.167. The third-order valence-corrected chi connectivity index (χ3v) is 2.22. The maximum atomic E-state index is 10.9. The first-order valence-electron chi connectivity index (χ1n) is 4.88. The summed E-state index contributed by atoms with van der Waals surface area (Å²) in [6.45, 7) is 1.78. The fraction of sp³-hybridized carbons (Fsp3) is 0.100. The molecule has 92 valence electrons. The molecule has 2 aromatic heterocycles. The van der Waals surface area contributed by atoms with E-state index in [-0.39, 0.29) is 11.4 Å². The van der Waals surface area contributed by atoms with E-state index >= 15 is 0 Å². The number of carboxylic acids is 1. The molecular formula is C10H8N4O4. The van der Waals surface area contributed by atoms with E-state index in [1.807, 2.05) is 0 Å². The van der Waals surface area contributed by atoms with Gasteiger partial charge in [0.1, 0.15) is 0 Å². The summed E-state index contributed by atoms with van der Waals surface area (Å²) in [5.74, 6) is -1.29. The van der Waals surface area contributed by atoms with Crippen molar-refractivity contribution in [2.45, 2.75) is 6.92 Å². The van der Waals surface area contributed by atoms with Crippen molar-refractivity contribution in [2.75, 3.05) is 0 Å². The van der Waals surface area contributed by atoms with Crippen molar-refractivity contribution in [3.63, 3.8) is 0 Å². The summed E-state index contributed by atoms with van der Waals surface area (Å²) in [5, 5.41) is 23.6. The Bertz CT molecular complexity index is 635. The van der Waals surface area contributed by atoms with Crippen LogP contribution in [0, 0.1) is 17.0 Å². The molecule has 8 nitrogen and oxygen atoms in total. The van der Waals surface area contributed by atoms with Gasteiger partial charge in [-0.1, -0.05) is 0 Å². The topological polar surface area (TPSA) is 111 Å². The van der Waals surface area contributed by atoms with Gasteiger partial charge in [0.05, 0.1) is 16.7 Å². The molecule has 2 aromatic rings. The quantitative estimate of drug-likeness (QED) is 0.644. The van der Waals surface area contributed by atoms with Crippen LogP contribution in [0.2, 0.25) is 0 Å². The molecule has 0 saturated heterocycles. The molecule has 2 heterocycles. The number of hydrogen-bond acceptors (Lipinski definition) is 5. The maximum Gasteiger partial charge on any atom is 0.337 e. The van der Waals surface area contributed by atoms with Gasteiger partial charge in [-0.25, -0.2) is 14.5 Å². The summed E-state index contributed by atoms with van der Waals surface area (Å²) < 4.78 is 1.24. The van der Waals surface area contributed by atoms with Crippen LogP contribution in [0.1, 0.15) is 15.9 Å². The van der Waals surface area contributed by atoms with Gasteiger partial charge in [0.15, 0.2) is 0 Å². The minimum atomic E-state index is -1.27. The number of hydrogen-bond donors (Lipinski definition) is 1. The van der Waals surface area contributed by atoms with Crippen LogP contribution in [0.4, 0.5) is 5.69 Å². The van der Waals surface area contributed by atoms with Gasteiger partial charge in [0.25, 0.3) is 0 Å². The SMILES string of the molecule is Cc1cnn(-c2ncc(C(=O)O)cc2[N+](=O)[O-])c1. The second-order valence-electron chi connectivity index (χ2n) is 3.59. The molecule has 0 atom stereocenters. The van der Waals surface area contributed by atoms with Crippen LogP contribution in [0.3, 0.4) is 0 Å². The predicted octanol–water partition coefficient (Wildman–Crippen LogP) is 1.18. The van der Waals surface area contributed by atoms with Crippen LogP contribution in [0.15, 0.2) is 24.7 Å². The second kappa shape index (κ2) is 4.24. The van der Waals surface area contributed by atoms with E-state index in [4.69, 9.17) is 5.11 Å². The smallest absolute Gasteiger partial charge is 0.337 e. The predicted molar refractivity (Wildman–Crippen MR) is 59.7 cm³/mol. The Morgan fingerprint density at radius 1 is 1.50 bits per heavy atom. The minimum Gasteiger partial charge on any atom is -0.478 e. The number of aryl methyl sites for hydroxylation is 1. The van der Waals surface area contributed by atoms with Gasteiger partial charge in [0, 0.05) is 18.5 Å². The van der Waals surface area contributed by atoms with E-state index < -0.39 is 16.6 Å². The van der Waals surface area contributed by atoms with Crippen molar-refractivity contribution in [1.29, 1.82) is 0 Å². The highest BCUT2D eigenvalue weighted by Crippen LogP contribution is 2.21. The summed E-state index contributed by atoms with van der Waals surface area (Å²) >= 11 is 0. The Balaban J connectivity index is 2.60. The molecule has 0 aliphatic rings. The Hall–Kier alpha value is -2.77. The number of carboxylic acid groups (broad SMARTS) is 1. The normalized spacial score (nSPS) is 10.3. The molecule has 1 N–H and O–H groups in total. The highest BCUT2D eigenvalue weighted by Gasteiger charge is 2.20. The Labute approximate surface area is 101 Å². The summed E-state index contributed by atoms with van der Waals surface area (Å²) in [6.07, 6.45) is 4.15. The first-order chi connectivity index (χ1) is 8.49. The molecule has 8 heteroatoms. The maximum absolute atomic E-state index is 10.9. The van der Waals surface area contributed by atoms with Crippen LogP contribution >= 0.6 is 0 Å². The van der Waals surface area contributed by atoms with Gasteiger partial charge >= 0.3 is 11.7 Å². The number of aromatic carboxylic acids is 1. The molecule has 0 spiro atoms. The van der Waals surface area contributed by atoms with Crippen molar-refractivity contribution >= 4 is 11.7 Å².